The van der Waals surface area contributed by atoms with Gasteiger partial charge in [-0.3, -0.25) is 9.59 Å². The van der Waals surface area contributed by atoms with Crippen LogP contribution in [-0.4, -0.2) is 86.4 Å². The van der Waals surface area contributed by atoms with Crippen LogP contribution in [0.1, 0.15) is 62.0 Å². The number of rotatable bonds is 7. The lowest BCUT2D eigenvalue weighted by molar-refractivity contribution is -0.140. The average Bonchev–Trinajstić information content (AvgIpc) is 3.55. The van der Waals surface area contributed by atoms with Crippen LogP contribution in [-0.2, 0) is 26.0 Å². The van der Waals surface area contributed by atoms with E-state index in [2.05, 4.69) is 17.0 Å². The quantitative estimate of drug-likeness (QED) is 0.397. The van der Waals surface area contributed by atoms with Crippen molar-refractivity contribution in [3.63, 3.8) is 0 Å². The molecule has 0 N–H and O–H groups in total. The van der Waals surface area contributed by atoms with E-state index in [-0.39, 0.29) is 78.0 Å². The van der Waals surface area contributed by atoms with Gasteiger partial charge in [-0.05, 0) is 74.4 Å². The van der Waals surface area contributed by atoms with E-state index >= 15 is 0 Å². The number of amides is 2. The minimum absolute atomic E-state index is 0. The fourth-order valence-electron chi connectivity index (χ4n) is 7.92. The molecule has 7 nitrogen and oxygen atoms in total. The van der Waals surface area contributed by atoms with E-state index in [1.54, 1.807) is 24.3 Å². The number of benzene rings is 2. The van der Waals surface area contributed by atoms with Gasteiger partial charge in [0.15, 0.2) is 9.84 Å². The number of carbonyl (C=O) groups excluding carboxylic acids is 2. The Morgan fingerprint density at radius 2 is 1.51 bits per heavy atom. The fraction of sp³-hybridized carbons (Fsp3) is 0.588. The first-order valence-corrected chi connectivity index (χ1v) is 17.8. The first-order chi connectivity index (χ1) is 20.9. The van der Waals surface area contributed by atoms with Crippen molar-refractivity contribution in [2.75, 3.05) is 45.5 Å². The van der Waals surface area contributed by atoms with Gasteiger partial charge in [0.2, 0.25) is 17.7 Å². The standard InChI is InChI=1S/C34H43F2N3O4S.ClH/c1-44(42,43)29-9-7-25(8-10-29)21-38-20-17-33(32(38)41)15-18-37(19-16-33)22-28-23-39(24-30(28)26-5-3-2-4-6-26)31(40)27-11-13-34(35,36)14-12-27;/h2-10,27-28,30H,11-24H2,1H3;1H/t28-,30+;/m0./s1. The van der Waals surface area contributed by atoms with E-state index in [4.69, 9.17) is 0 Å². The number of piperidine rings is 1. The van der Waals surface area contributed by atoms with Crippen LogP contribution in [0.3, 0.4) is 0 Å². The minimum Gasteiger partial charge on any atom is -0.341 e. The molecular weight excluding hydrogens is 620 g/mol. The molecular formula is C34H44ClF2N3O4S. The first kappa shape index (κ1) is 33.8. The van der Waals surface area contributed by atoms with Crippen LogP contribution in [0.4, 0.5) is 8.78 Å². The summed E-state index contributed by atoms with van der Waals surface area (Å²) in [5.41, 5.74) is 1.79. The van der Waals surface area contributed by atoms with Crippen LogP contribution in [0.5, 0.6) is 0 Å². The highest BCUT2D eigenvalue weighted by atomic mass is 35.5. The highest BCUT2D eigenvalue weighted by Gasteiger charge is 2.49. The smallest absolute Gasteiger partial charge is 0.248 e. The Bertz CT molecular complexity index is 1460. The number of carbonyl (C=O) groups is 2. The molecule has 2 aromatic carbocycles. The van der Waals surface area contributed by atoms with Gasteiger partial charge < -0.3 is 14.7 Å². The van der Waals surface area contributed by atoms with Crippen LogP contribution >= 0.6 is 12.4 Å². The monoisotopic (exact) mass is 663 g/mol. The van der Waals surface area contributed by atoms with Crippen molar-refractivity contribution in [2.24, 2.45) is 17.3 Å². The van der Waals surface area contributed by atoms with Gasteiger partial charge in [0, 0.05) is 63.7 Å². The largest absolute Gasteiger partial charge is 0.341 e. The highest BCUT2D eigenvalue weighted by molar-refractivity contribution is 7.90. The second-order valence-electron chi connectivity index (χ2n) is 13.6. The molecule has 1 aliphatic carbocycles. The lowest BCUT2D eigenvalue weighted by atomic mass is 9.76. The second kappa shape index (κ2) is 13.3. The van der Waals surface area contributed by atoms with Gasteiger partial charge in [0.25, 0.3) is 0 Å². The van der Waals surface area contributed by atoms with E-state index in [1.807, 2.05) is 28.0 Å². The molecule has 246 valence electrons. The summed E-state index contributed by atoms with van der Waals surface area (Å²) in [6.07, 6.45) is 3.74. The van der Waals surface area contributed by atoms with Gasteiger partial charge in [-0.15, -0.1) is 12.4 Å². The molecule has 11 heteroatoms. The zero-order valence-corrected chi connectivity index (χ0v) is 27.5. The number of nitrogens with zero attached hydrogens (tertiary/aromatic N) is 3. The summed E-state index contributed by atoms with van der Waals surface area (Å²) in [5, 5.41) is 0. The van der Waals surface area contributed by atoms with Crippen molar-refractivity contribution in [1.29, 1.82) is 0 Å². The van der Waals surface area contributed by atoms with Gasteiger partial charge in [-0.25, -0.2) is 17.2 Å². The number of likely N-dealkylation sites (tertiary alicyclic amines) is 3. The molecule has 0 unspecified atom stereocenters. The van der Waals surface area contributed by atoms with Crippen LogP contribution in [0.2, 0.25) is 0 Å². The van der Waals surface area contributed by atoms with E-state index in [1.165, 1.54) is 11.8 Å². The Hall–Kier alpha value is -2.56. The SMILES string of the molecule is CS(=O)(=O)c1ccc(CN2CCC3(CCN(C[C@H]4CN(C(=O)C5CCC(F)(F)CC5)C[C@@H]4c4ccccc4)CC3)C2=O)cc1.Cl. The Labute approximate surface area is 271 Å². The highest BCUT2D eigenvalue weighted by Crippen LogP contribution is 2.44. The van der Waals surface area contributed by atoms with Gasteiger partial charge in [0.05, 0.1) is 10.3 Å². The van der Waals surface area contributed by atoms with Gasteiger partial charge in [0.1, 0.15) is 0 Å². The first-order valence-electron chi connectivity index (χ1n) is 15.9. The maximum Gasteiger partial charge on any atom is 0.248 e. The van der Waals surface area contributed by atoms with E-state index < -0.39 is 15.8 Å². The summed E-state index contributed by atoms with van der Waals surface area (Å²) in [6, 6.07) is 17.1. The number of alkyl halides is 2. The number of hydrogen-bond donors (Lipinski definition) is 0. The van der Waals surface area contributed by atoms with Crippen molar-refractivity contribution in [3.05, 3.63) is 65.7 Å². The molecule has 2 aromatic rings. The number of hydrogen-bond acceptors (Lipinski definition) is 5. The third kappa shape index (κ3) is 7.38. The molecule has 0 radical (unpaired) electrons. The maximum atomic E-state index is 13.8. The zero-order valence-electron chi connectivity index (χ0n) is 25.9. The van der Waals surface area contributed by atoms with Crippen LogP contribution in [0.15, 0.2) is 59.5 Å². The second-order valence-corrected chi connectivity index (χ2v) is 15.6. The Kier molecular flexibility index (Phi) is 9.97. The number of sulfone groups is 1. The van der Waals surface area contributed by atoms with Crippen molar-refractivity contribution in [1.82, 2.24) is 14.7 Å². The fourth-order valence-corrected chi connectivity index (χ4v) is 8.56. The molecule has 1 spiro atoms. The molecule has 0 bridgehead atoms. The predicted octanol–water partition coefficient (Wildman–Crippen LogP) is 5.39. The zero-order chi connectivity index (χ0) is 31.1. The predicted molar refractivity (Wildman–Crippen MR) is 171 cm³/mol. The third-order valence-corrected chi connectivity index (χ3v) is 11.8. The molecule has 3 aliphatic heterocycles. The molecule has 6 rings (SSSR count). The molecule has 2 atom stereocenters. The topological polar surface area (TPSA) is 78.0 Å². The van der Waals surface area contributed by atoms with Gasteiger partial charge in [-0.1, -0.05) is 42.5 Å². The van der Waals surface area contributed by atoms with Crippen LogP contribution in [0, 0.1) is 17.3 Å². The Morgan fingerprint density at radius 3 is 2.13 bits per heavy atom. The Balaban J connectivity index is 0.00000400. The molecule has 3 saturated heterocycles. The Morgan fingerprint density at radius 1 is 0.889 bits per heavy atom. The minimum atomic E-state index is -3.26. The molecule has 3 heterocycles. The lowest BCUT2D eigenvalue weighted by Crippen LogP contribution is -2.46. The molecule has 1 saturated carbocycles. The summed E-state index contributed by atoms with van der Waals surface area (Å²) in [6.45, 7) is 4.94. The molecule has 4 aliphatic rings. The van der Waals surface area contributed by atoms with Crippen molar-refractivity contribution >= 4 is 34.1 Å². The summed E-state index contributed by atoms with van der Waals surface area (Å²) >= 11 is 0. The molecule has 45 heavy (non-hydrogen) atoms. The normalized spacial score (nSPS) is 25.4. The maximum absolute atomic E-state index is 13.8. The summed E-state index contributed by atoms with van der Waals surface area (Å²) in [5.74, 6) is -2.30. The van der Waals surface area contributed by atoms with Crippen LogP contribution < -0.4 is 0 Å². The van der Waals surface area contributed by atoms with E-state index in [0.717, 1.165) is 44.5 Å². The van der Waals surface area contributed by atoms with E-state index in [9.17, 15) is 26.8 Å². The summed E-state index contributed by atoms with van der Waals surface area (Å²) in [4.78, 5) is 33.7. The van der Waals surface area contributed by atoms with Crippen molar-refractivity contribution in [2.45, 2.75) is 68.2 Å². The summed E-state index contributed by atoms with van der Waals surface area (Å²) in [7, 11) is -3.26. The molecule has 2 amide bonds. The summed E-state index contributed by atoms with van der Waals surface area (Å²) < 4.78 is 51.1. The van der Waals surface area contributed by atoms with Gasteiger partial charge in [-0.2, -0.15) is 0 Å². The van der Waals surface area contributed by atoms with Gasteiger partial charge >= 0.3 is 0 Å². The van der Waals surface area contributed by atoms with Crippen molar-refractivity contribution < 1.29 is 26.8 Å². The molecule has 4 fully saturated rings. The molecule has 0 aromatic heterocycles. The average molecular weight is 664 g/mol. The van der Waals surface area contributed by atoms with Crippen LogP contribution in [0.25, 0.3) is 0 Å². The lowest BCUT2D eigenvalue weighted by Gasteiger charge is -2.39. The third-order valence-electron chi connectivity index (χ3n) is 10.7. The van der Waals surface area contributed by atoms with E-state index in [0.29, 0.717) is 26.2 Å². The number of halogens is 3. The van der Waals surface area contributed by atoms with Crippen molar-refractivity contribution in [3.8, 4) is 0 Å².